The Labute approximate surface area is 155 Å². The molecule has 2 aromatic carbocycles. The van der Waals surface area contributed by atoms with Gasteiger partial charge in [0, 0.05) is 6.54 Å². The van der Waals surface area contributed by atoms with E-state index in [9.17, 15) is 13.2 Å². The Kier molecular flexibility index (Phi) is 6.94. The topological polar surface area (TPSA) is 72.5 Å². The van der Waals surface area contributed by atoms with E-state index < -0.39 is 16.0 Å². The van der Waals surface area contributed by atoms with Crippen molar-refractivity contribution in [3.63, 3.8) is 0 Å². The summed E-state index contributed by atoms with van der Waals surface area (Å²) in [4.78, 5) is 12.0. The van der Waals surface area contributed by atoms with Crippen molar-refractivity contribution in [3.05, 3.63) is 65.2 Å². The van der Waals surface area contributed by atoms with Crippen LogP contribution in [0.25, 0.3) is 0 Å². The number of esters is 1. The second kappa shape index (κ2) is 8.96. The van der Waals surface area contributed by atoms with Gasteiger partial charge in [-0.15, -0.1) is 0 Å². The van der Waals surface area contributed by atoms with Crippen molar-refractivity contribution in [3.8, 4) is 0 Å². The van der Waals surface area contributed by atoms with Gasteiger partial charge in [-0.05, 0) is 36.1 Å². The molecule has 0 aromatic heterocycles. The van der Waals surface area contributed by atoms with Crippen LogP contribution in [0.3, 0.4) is 0 Å². The van der Waals surface area contributed by atoms with E-state index in [1.54, 1.807) is 24.3 Å². The molecule has 140 valence electrons. The summed E-state index contributed by atoms with van der Waals surface area (Å²) in [5.41, 5.74) is 3.11. The van der Waals surface area contributed by atoms with Crippen molar-refractivity contribution in [2.45, 2.75) is 44.6 Å². The predicted molar refractivity (Wildman–Crippen MR) is 101 cm³/mol. The highest BCUT2D eigenvalue weighted by Crippen LogP contribution is 2.17. The number of hydrogen-bond acceptors (Lipinski definition) is 4. The molecule has 1 N–H and O–H groups in total. The molecule has 2 aromatic rings. The second-order valence-electron chi connectivity index (χ2n) is 6.52. The second-order valence-corrected chi connectivity index (χ2v) is 8.28. The molecule has 2 rings (SSSR count). The average molecular weight is 375 g/mol. The van der Waals surface area contributed by atoms with Gasteiger partial charge in [0.05, 0.1) is 11.3 Å². The smallest absolute Gasteiger partial charge is 0.307 e. The molecule has 0 aliphatic heterocycles. The van der Waals surface area contributed by atoms with Crippen LogP contribution in [-0.2, 0) is 26.2 Å². The van der Waals surface area contributed by atoms with Gasteiger partial charge in [-0.3, -0.25) is 4.79 Å². The van der Waals surface area contributed by atoms with Crippen LogP contribution in [0.15, 0.2) is 53.4 Å². The Morgan fingerprint density at radius 2 is 1.65 bits per heavy atom. The minimum Gasteiger partial charge on any atom is -0.461 e. The molecule has 0 spiro atoms. The van der Waals surface area contributed by atoms with E-state index in [1.807, 2.05) is 45.0 Å². The van der Waals surface area contributed by atoms with Crippen molar-refractivity contribution < 1.29 is 17.9 Å². The highest BCUT2D eigenvalue weighted by atomic mass is 32.2. The molecule has 0 bridgehead atoms. The molecular formula is C20H25NO4S. The first kappa shape index (κ1) is 20.1. The quantitative estimate of drug-likeness (QED) is 0.717. The van der Waals surface area contributed by atoms with Gasteiger partial charge in [-0.1, -0.05) is 55.8 Å². The third-order valence-corrected chi connectivity index (χ3v) is 5.48. The number of ether oxygens (including phenoxy) is 1. The molecule has 0 fully saturated rings. The fourth-order valence-corrected chi connectivity index (χ4v) is 3.35. The van der Waals surface area contributed by atoms with Gasteiger partial charge < -0.3 is 4.74 Å². The highest BCUT2D eigenvalue weighted by molar-refractivity contribution is 7.89. The first-order valence-corrected chi connectivity index (χ1v) is 10.1. The number of aryl methyl sites for hydroxylation is 1. The standard InChI is InChI=1S/C20H25NO4S/c1-15(2)18-8-10-19(11-9-18)26(23,24)21-13-12-20(22)25-14-17-6-4-16(3)5-7-17/h4-11,15,21H,12-14H2,1-3H3. The number of rotatable bonds is 8. The molecule has 0 unspecified atom stereocenters. The fraction of sp³-hybridized carbons (Fsp3) is 0.350. The van der Waals surface area contributed by atoms with Crippen molar-refractivity contribution in [1.29, 1.82) is 0 Å². The first-order valence-electron chi connectivity index (χ1n) is 8.59. The van der Waals surface area contributed by atoms with Crippen LogP contribution < -0.4 is 4.72 Å². The maximum atomic E-state index is 12.2. The summed E-state index contributed by atoms with van der Waals surface area (Å²) < 4.78 is 32.1. The van der Waals surface area contributed by atoms with Crippen molar-refractivity contribution >= 4 is 16.0 Å². The first-order chi connectivity index (χ1) is 12.3. The summed E-state index contributed by atoms with van der Waals surface area (Å²) in [5, 5.41) is 0. The predicted octanol–water partition coefficient (Wildman–Crippen LogP) is 3.53. The van der Waals surface area contributed by atoms with Gasteiger partial charge in [0.2, 0.25) is 10.0 Å². The molecule has 26 heavy (non-hydrogen) atoms. The van der Waals surface area contributed by atoms with Crippen LogP contribution in [0.2, 0.25) is 0 Å². The summed E-state index contributed by atoms with van der Waals surface area (Å²) in [6, 6.07) is 14.4. The summed E-state index contributed by atoms with van der Waals surface area (Å²) in [5.74, 6) is -0.105. The third-order valence-electron chi connectivity index (χ3n) is 4.00. The zero-order valence-electron chi connectivity index (χ0n) is 15.4. The summed E-state index contributed by atoms with van der Waals surface area (Å²) in [6.07, 6.45) is -0.0187. The molecule has 0 radical (unpaired) electrons. The molecule has 6 heteroatoms. The monoisotopic (exact) mass is 375 g/mol. The molecule has 0 saturated heterocycles. The molecule has 0 aliphatic carbocycles. The Bertz CT molecular complexity index is 825. The lowest BCUT2D eigenvalue weighted by Crippen LogP contribution is -2.26. The largest absolute Gasteiger partial charge is 0.461 e. The van der Waals surface area contributed by atoms with E-state index in [0.717, 1.165) is 16.7 Å². The SMILES string of the molecule is Cc1ccc(COC(=O)CCNS(=O)(=O)c2ccc(C(C)C)cc2)cc1. The molecule has 0 heterocycles. The fourth-order valence-electron chi connectivity index (χ4n) is 2.32. The van der Waals surface area contributed by atoms with Gasteiger partial charge in [-0.2, -0.15) is 0 Å². The van der Waals surface area contributed by atoms with Gasteiger partial charge in [0.25, 0.3) is 0 Å². The third kappa shape index (κ3) is 5.97. The lowest BCUT2D eigenvalue weighted by molar-refractivity contribution is -0.144. The van der Waals surface area contributed by atoms with Crippen LogP contribution in [0.4, 0.5) is 0 Å². The highest BCUT2D eigenvalue weighted by Gasteiger charge is 2.15. The van der Waals surface area contributed by atoms with Crippen molar-refractivity contribution in [2.75, 3.05) is 6.54 Å². The van der Waals surface area contributed by atoms with Gasteiger partial charge >= 0.3 is 5.97 Å². The number of sulfonamides is 1. The number of benzene rings is 2. The number of nitrogens with one attached hydrogen (secondary N) is 1. The van der Waals surface area contributed by atoms with E-state index in [1.165, 1.54) is 0 Å². The van der Waals surface area contributed by atoms with E-state index >= 15 is 0 Å². The maximum Gasteiger partial charge on any atom is 0.307 e. The zero-order chi connectivity index (χ0) is 19.2. The van der Waals surface area contributed by atoms with Crippen LogP contribution in [0.1, 0.15) is 42.9 Å². The van der Waals surface area contributed by atoms with E-state index in [4.69, 9.17) is 4.74 Å². The van der Waals surface area contributed by atoms with Crippen LogP contribution >= 0.6 is 0 Å². The summed E-state index contributed by atoms with van der Waals surface area (Å²) in [6.45, 7) is 6.26. The van der Waals surface area contributed by atoms with Gasteiger partial charge in [0.1, 0.15) is 6.61 Å². The summed E-state index contributed by atoms with van der Waals surface area (Å²) in [7, 11) is -3.63. The Balaban J connectivity index is 1.80. The normalized spacial score (nSPS) is 11.5. The summed E-state index contributed by atoms with van der Waals surface area (Å²) >= 11 is 0. The van der Waals surface area contributed by atoms with Crippen molar-refractivity contribution in [2.24, 2.45) is 0 Å². The molecule has 0 saturated carbocycles. The maximum absolute atomic E-state index is 12.2. The lowest BCUT2D eigenvalue weighted by atomic mass is 10.0. The molecule has 0 aliphatic rings. The van der Waals surface area contributed by atoms with Crippen molar-refractivity contribution in [1.82, 2.24) is 4.72 Å². The lowest BCUT2D eigenvalue weighted by Gasteiger charge is -2.09. The number of carbonyl (C=O) groups is 1. The number of hydrogen-bond donors (Lipinski definition) is 1. The van der Waals surface area contributed by atoms with E-state index in [2.05, 4.69) is 4.72 Å². The Morgan fingerprint density at radius 1 is 1.04 bits per heavy atom. The van der Waals surface area contributed by atoms with Crippen LogP contribution in [0.5, 0.6) is 0 Å². The van der Waals surface area contributed by atoms with E-state index in [-0.39, 0.29) is 24.5 Å². The molecule has 5 nitrogen and oxygen atoms in total. The van der Waals surface area contributed by atoms with E-state index in [0.29, 0.717) is 5.92 Å². The van der Waals surface area contributed by atoms with Gasteiger partial charge in [-0.25, -0.2) is 13.1 Å². The van der Waals surface area contributed by atoms with Crippen LogP contribution in [0, 0.1) is 6.92 Å². The molecule has 0 amide bonds. The van der Waals surface area contributed by atoms with Gasteiger partial charge in [0.15, 0.2) is 0 Å². The minimum atomic E-state index is -3.63. The zero-order valence-corrected chi connectivity index (χ0v) is 16.2. The van der Waals surface area contributed by atoms with Crippen LogP contribution in [-0.4, -0.2) is 20.9 Å². The molecule has 0 atom stereocenters. The Morgan fingerprint density at radius 3 is 2.23 bits per heavy atom. The minimum absolute atomic E-state index is 0.000989. The Hall–Kier alpha value is -2.18. The number of carbonyl (C=O) groups excluding carboxylic acids is 1. The average Bonchev–Trinajstić information content (AvgIpc) is 2.61. The molecular weight excluding hydrogens is 350 g/mol.